The second kappa shape index (κ2) is 5.47. The first kappa shape index (κ1) is 12.5. The van der Waals surface area contributed by atoms with Crippen molar-refractivity contribution in [2.45, 2.75) is 40.4 Å². The number of ether oxygens (including phenoxy) is 2. The zero-order valence-corrected chi connectivity index (χ0v) is 10.2. The van der Waals surface area contributed by atoms with Gasteiger partial charge in [-0.25, -0.2) is 0 Å². The Morgan fingerprint density at radius 3 is 2.33 bits per heavy atom. The quantitative estimate of drug-likeness (QED) is 0.665. The fourth-order valence-corrected chi connectivity index (χ4v) is 1.48. The molecule has 0 radical (unpaired) electrons. The smallest absolute Gasteiger partial charge is 0.166 e. The summed E-state index contributed by atoms with van der Waals surface area (Å²) in [6, 6.07) is 0. The van der Waals surface area contributed by atoms with E-state index in [1.165, 1.54) is 5.57 Å². The number of allylic oxidation sites excluding steroid dienone is 3. The molecule has 1 fully saturated rings. The van der Waals surface area contributed by atoms with Crippen molar-refractivity contribution in [3.63, 3.8) is 0 Å². The molecule has 86 valence electrons. The third-order valence-corrected chi connectivity index (χ3v) is 2.39. The van der Waals surface area contributed by atoms with Crippen molar-refractivity contribution in [2.75, 3.05) is 13.2 Å². The van der Waals surface area contributed by atoms with Gasteiger partial charge in [0.1, 0.15) is 0 Å². The summed E-state index contributed by atoms with van der Waals surface area (Å²) >= 11 is 0. The fraction of sp³-hybridized carbons (Fsp3) is 0.692. The molecule has 1 aliphatic rings. The average Bonchev–Trinajstić information content (AvgIpc) is 2.18. The van der Waals surface area contributed by atoms with Gasteiger partial charge in [-0.3, -0.25) is 0 Å². The molecule has 0 unspecified atom stereocenters. The van der Waals surface area contributed by atoms with Crippen LogP contribution in [0.4, 0.5) is 0 Å². The summed E-state index contributed by atoms with van der Waals surface area (Å²) in [5.74, 6) is 0. The van der Waals surface area contributed by atoms with Crippen LogP contribution in [0.15, 0.2) is 23.8 Å². The van der Waals surface area contributed by atoms with Gasteiger partial charge in [0.2, 0.25) is 0 Å². The SMILES string of the molecule is CC(C)=CC=CC(C)(C)C1OCCCO1. The van der Waals surface area contributed by atoms with Gasteiger partial charge in [-0.1, -0.05) is 37.6 Å². The predicted octanol–water partition coefficient (Wildman–Crippen LogP) is 3.30. The zero-order valence-electron chi connectivity index (χ0n) is 10.2. The molecule has 0 saturated carbocycles. The maximum absolute atomic E-state index is 5.61. The van der Waals surface area contributed by atoms with Crippen molar-refractivity contribution < 1.29 is 9.47 Å². The Kier molecular flexibility index (Phi) is 4.55. The van der Waals surface area contributed by atoms with Gasteiger partial charge in [0.15, 0.2) is 6.29 Å². The Morgan fingerprint density at radius 1 is 1.20 bits per heavy atom. The lowest BCUT2D eigenvalue weighted by Crippen LogP contribution is -2.36. The van der Waals surface area contributed by atoms with E-state index in [9.17, 15) is 0 Å². The summed E-state index contributed by atoms with van der Waals surface area (Å²) < 4.78 is 11.2. The van der Waals surface area contributed by atoms with Crippen molar-refractivity contribution >= 4 is 0 Å². The van der Waals surface area contributed by atoms with E-state index < -0.39 is 0 Å². The minimum absolute atomic E-state index is 0.0631. The monoisotopic (exact) mass is 210 g/mol. The highest BCUT2D eigenvalue weighted by Crippen LogP contribution is 2.28. The van der Waals surface area contributed by atoms with E-state index in [0.29, 0.717) is 0 Å². The summed E-state index contributed by atoms with van der Waals surface area (Å²) in [4.78, 5) is 0. The van der Waals surface area contributed by atoms with E-state index >= 15 is 0 Å². The number of hydrogen-bond acceptors (Lipinski definition) is 2. The van der Waals surface area contributed by atoms with Crippen LogP contribution in [-0.2, 0) is 9.47 Å². The third-order valence-electron chi connectivity index (χ3n) is 2.39. The molecule has 0 amide bonds. The largest absolute Gasteiger partial charge is 0.352 e. The Morgan fingerprint density at radius 2 is 1.80 bits per heavy atom. The topological polar surface area (TPSA) is 18.5 Å². The molecule has 0 aromatic rings. The van der Waals surface area contributed by atoms with Crippen LogP contribution in [0.3, 0.4) is 0 Å². The highest BCUT2D eigenvalue weighted by molar-refractivity contribution is 5.11. The van der Waals surface area contributed by atoms with Gasteiger partial charge in [0.25, 0.3) is 0 Å². The van der Waals surface area contributed by atoms with Crippen LogP contribution in [0.5, 0.6) is 0 Å². The van der Waals surface area contributed by atoms with Crippen LogP contribution in [0.25, 0.3) is 0 Å². The first-order valence-corrected chi connectivity index (χ1v) is 5.58. The molecular formula is C13H22O2. The molecule has 1 heterocycles. The molecule has 0 aromatic heterocycles. The zero-order chi connectivity index (χ0) is 11.3. The van der Waals surface area contributed by atoms with Crippen molar-refractivity contribution in [3.05, 3.63) is 23.8 Å². The Hall–Kier alpha value is -0.600. The second-order valence-electron chi connectivity index (χ2n) is 4.85. The summed E-state index contributed by atoms with van der Waals surface area (Å²) in [7, 11) is 0. The third kappa shape index (κ3) is 4.18. The van der Waals surface area contributed by atoms with Crippen molar-refractivity contribution in [1.29, 1.82) is 0 Å². The molecule has 0 aliphatic carbocycles. The van der Waals surface area contributed by atoms with Crippen molar-refractivity contribution in [1.82, 2.24) is 0 Å². The predicted molar refractivity (Wildman–Crippen MR) is 62.7 cm³/mol. The Bertz CT molecular complexity index is 241. The van der Waals surface area contributed by atoms with E-state index in [4.69, 9.17) is 9.47 Å². The van der Waals surface area contributed by atoms with E-state index in [-0.39, 0.29) is 11.7 Å². The lowest BCUT2D eigenvalue weighted by molar-refractivity contribution is -0.217. The van der Waals surface area contributed by atoms with Crippen molar-refractivity contribution in [2.24, 2.45) is 5.41 Å². The van der Waals surface area contributed by atoms with Gasteiger partial charge in [-0.05, 0) is 20.3 Å². The first-order valence-electron chi connectivity index (χ1n) is 5.58. The van der Waals surface area contributed by atoms with Gasteiger partial charge in [-0.2, -0.15) is 0 Å². The lowest BCUT2D eigenvalue weighted by atomic mass is 9.91. The molecule has 1 saturated heterocycles. The lowest BCUT2D eigenvalue weighted by Gasteiger charge is -2.34. The summed E-state index contributed by atoms with van der Waals surface area (Å²) in [5.41, 5.74) is 1.24. The molecule has 0 N–H and O–H groups in total. The van der Waals surface area contributed by atoms with Crippen LogP contribution < -0.4 is 0 Å². The van der Waals surface area contributed by atoms with E-state index in [1.807, 2.05) is 0 Å². The maximum Gasteiger partial charge on any atom is 0.166 e. The highest BCUT2D eigenvalue weighted by Gasteiger charge is 2.30. The van der Waals surface area contributed by atoms with E-state index in [1.54, 1.807) is 0 Å². The average molecular weight is 210 g/mol. The maximum atomic E-state index is 5.61. The van der Waals surface area contributed by atoms with Gasteiger partial charge in [-0.15, -0.1) is 0 Å². The van der Waals surface area contributed by atoms with Crippen LogP contribution in [0, 0.1) is 5.41 Å². The summed E-state index contributed by atoms with van der Waals surface area (Å²) in [6.45, 7) is 10.1. The van der Waals surface area contributed by atoms with Crippen molar-refractivity contribution in [3.8, 4) is 0 Å². The second-order valence-corrected chi connectivity index (χ2v) is 4.85. The van der Waals surface area contributed by atoms with Gasteiger partial charge >= 0.3 is 0 Å². The van der Waals surface area contributed by atoms with Crippen LogP contribution in [0.1, 0.15) is 34.1 Å². The van der Waals surface area contributed by atoms with Gasteiger partial charge in [0.05, 0.1) is 13.2 Å². The molecular weight excluding hydrogens is 188 g/mol. The Labute approximate surface area is 93.0 Å². The van der Waals surface area contributed by atoms with Crippen LogP contribution in [-0.4, -0.2) is 19.5 Å². The highest BCUT2D eigenvalue weighted by atomic mass is 16.7. The summed E-state index contributed by atoms with van der Waals surface area (Å²) in [6.07, 6.45) is 7.23. The van der Waals surface area contributed by atoms with Gasteiger partial charge in [0, 0.05) is 5.41 Å². The minimum Gasteiger partial charge on any atom is -0.352 e. The number of rotatable bonds is 3. The molecule has 0 bridgehead atoms. The van der Waals surface area contributed by atoms with Crippen LogP contribution >= 0.6 is 0 Å². The molecule has 1 rings (SSSR count). The molecule has 1 aliphatic heterocycles. The fourth-order valence-electron chi connectivity index (χ4n) is 1.48. The summed E-state index contributed by atoms with van der Waals surface area (Å²) in [5, 5.41) is 0. The normalized spacial score (nSPS) is 19.5. The molecule has 15 heavy (non-hydrogen) atoms. The number of hydrogen-bond donors (Lipinski definition) is 0. The molecule has 0 aromatic carbocycles. The van der Waals surface area contributed by atoms with Gasteiger partial charge < -0.3 is 9.47 Å². The minimum atomic E-state index is -0.104. The van der Waals surface area contributed by atoms with Crippen LogP contribution in [0.2, 0.25) is 0 Å². The molecule has 2 heteroatoms. The first-order chi connectivity index (χ1) is 7.02. The Balaban J connectivity index is 2.56. The molecule has 0 atom stereocenters. The standard InChI is InChI=1S/C13H22O2/c1-11(2)7-5-8-13(3,4)12-14-9-6-10-15-12/h5,7-8,12H,6,9-10H2,1-4H3. The van der Waals surface area contributed by atoms with E-state index in [2.05, 4.69) is 45.9 Å². The van der Waals surface area contributed by atoms with E-state index in [0.717, 1.165) is 19.6 Å². The molecule has 0 spiro atoms. The molecule has 2 nitrogen and oxygen atoms in total.